The average Bonchev–Trinajstić information content (AvgIpc) is 3.04. The summed E-state index contributed by atoms with van der Waals surface area (Å²) in [6, 6.07) is 7.54. The van der Waals surface area contributed by atoms with Gasteiger partial charge in [-0.1, -0.05) is 12.8 Å². The van der Waals surface area contributed by atoms with Gasteiger partial charge in [-0.2, -0.15) is 0 Å². The summed E-state index contributed by atoms with van der Waals surface area (Å²) in [6.07, 6.45) is 4.29. The molecule has 4 aliphatic rings. The van der Waals surface area contributed by atoms with Crippen LogP contribution in [0, 0.1) is 0 Å². The first-order valence-corrected chi connectivity index (χ1v) is 11.5. The Morgan fingerprint density at radius 3 is 1.88 bits per heavy atom. The van der Waals surface area contributed by atoms with Gasteiger partial charge in [-0.05, 0) is 37.1 Å². The summed E-state index contributed by atoms with van der Waals surface area (Å²) in [5.74, 6) is -3.55. The minimum Gasteiger partial charge on any atom is -0.380 e. The Bertz CT molecular complexity index is 1220. The molecule has 6 rings (SSSR count). The largest absolute Gasteiger partial charge is 0.380 e. The molecule has 2 unspecified atom stereocenters. The number of nitrogens with zero attached hydrogens (tertiary/aromatic N) is 2. The van der Waals surface area contributed by atoms with E-state index in [-0.39, 0.29) is 24.9 Å². The third-order valence-corrected chi connectivity index (χ3v) is 7.05. The highest BCUT2D eigenvalue weighted by Crippen LogP contribution is 2.42. The summed E-state index contributed by atoms with van der Waals surface area (Å²) in [5.41, 5.74) is 2.36. The normalized spacial score (nSPS) is 23.4. The Kier molecular flexibility index (Phi) is 4.58. The fraction of sp³-hybridized carbons (Fsp3) is 0.375. The molecule has 0 radical (unpaired) electrons. The molecule has 34 heavy (non-hydrogen) atoms. The number of benzene rings is 2. The van der Waals surface area contributed by atoms with E-state index in [4.69, 9.17) is 4.84 Å². The Hall–Kier alpha value is -3.95. The molecule has 0 spiro atoms. The summed E-state index contributed by atoms with van der Waals surface area (Å²) < 4.78 is 0. The van der Waals surface area contributed by atoms with Gasteiger partial charge in [0.2, 0.25) is 0 Å². The van der Waals surface area contributed by atoms with E-state index in [1.807, 2.05) is 12.1 Å². The van der Waals surface area contributed by atoms with E-state index in [1.54, 1.807) is 12.1 Å². The highest BCUT2D eigenvalue weighted by Gasteiger charge is 2.39. The van der Waals surface area contributed by atoms with Crippen LogP contribution < -0.4 is 10.6 Å². The van der Waals surface area contributed by atoms with E-state index in [0.717, 1.165) is 47.3 Å². The number of rotatable bonds is 3. The first-order chi connectivity index (χ1) is 16.4. The van der Waals surface area contributed by atoms with Crippen molar-refractivity contribution in [3.05, 3.63) is 35.4 Å². The summed E-state index contributed by atoms with van der Waals surface area (Å²) >= 11 is 0. The molecule has 0 aromatic heterocycles. The lowest BCUT2D eigenvalue weighted by Gasteiger charge is -2.32. The van der Waals surface area contributed by atoms with Crippen molar-refractivity contribution in [3.63, 3.8) is 0 Å². The minimum absolute atomic E-state index is 0.0441. The maximum atomic E-state index is 13.3. The van der Waals surface area contributed by atoms with Gasteiger partial charge in [-0.3, -0.25) is 24.1 Å². The highest BCUT2D eigenvalue weighted by molar-refractivity contribution is 6.29. The van der Waals surface area contributed by atoms with Crippen molar-refractivity contribution >= 4 is 51.7 Å². The van der Waals surface area contributed by atoms with Crippen molar-refractivity contribution in [2.24, 2.45) is 0 Å². The van der Waals surface area contributed by atoms with Gasteiger partial charge in [0.15, 0.2) is 0 Å². The van der Waals surface area contributed by atoms with E-state index in [1.165, 1.54) is 0 Å². The number of amides is 4. The zero-order chi connectivity index (χ0) is 23.6. The second-order valence-electron chi connectivity index (χ2n) is 9.10. The van der Waals surface area contributed by atoms with Crippen LogP contribution in [0.2, 0.25) is 0 Å². The van der Waals surface area contributed by atoms with E-state index in [0.29, 0.717) is 21.6 Å². The molecule has 10 nitrogen and oxygen atoms in total. The fourth-order valence-corrected chi connectivity index (χ4v) is 5.41. The Balaban J connectivity index is 1.34. The molecule has 1 aliphatic carbocycles. The molecule has 2 atom stereocenters. The van der Waals surface area contributed by atoms with Crippen LogP contribution in [0.5, 0.6) is 0 Å². The predicted octanol–water partition coefficient (Wildman–Crippen LogP) is 2.19. The molecule has 1 saturated carbocycles. The monoisotopic (exact) mass is 462 g/mol. The smallest absolute Gasteiger partial charge is 0.352 e. The first-order valence-electron chi connectivity index (χ1n) is 11.5. The van der Waals surface area contributed by atoms with E-state index in [2.05, 4.69) is 10.6 Å². The van der Waals surface area contributed by atoms with E-state index < -0.39 is 36.1 Å². The van der Waals surface area contributed by atoms with Gasteiger partial charge >= 0.3 is 5.97 Å². The second kappa shape index (κ2) is 7.54. The lowest BCUT2D eigenvalue weighted by Crippen LogP contribution is -2.45. The number of anilines is 2. The third kappa shape index (κ3) is 3.05. The topological polar surface area (TPSA) is 125 Å². The van der Waals surface area contributed by atoms with Crippen molar-refractivity contribution in [1.29, 1.82) is 0 Å². The van der Waals surface area contributed by atoms with Crippen LogP contribution >= 0.6 is 0 Å². The molecule has 4 amide bonds. The summed E-state index contributed by atoms with van der Waals surface area (Å²) in [4.78, 5) is 68.1. The summed E-state index contributed by atoms with van der Waals surface area (Å²) in [7, 11) is 0. The number of carbonyl (C=O) groups is 5. The van der Waals surface area contributed by atoms with Crippen LogP contribution in [-0.4, -0.2) is 58.2 Å². The van der Waals surface area contributed by atoms with Crippen LogP contribution in [0.15, 0.2) is 24.3 Å². The predicted molar refractivity (Wildman–Crippen MR) is 120 cm³/mol. The minimum atomic E-state index is -1.04. The number of carbonyl (C=O) groups excluding carboxylic acids is 5. The molecular weight excluding hydrogens is 440 g/mol. The van der Waals surface area contributed by atoms with Crippen LogP contribution in [0.25, 0.3) is 10.8 Å². The molecule has 10 heteroatoms. The van der Waals surface area contributed by atoms with Crippen LogP contribution in [0.3, 0.4) is 0 Å². The SMILES string of the molecule is O=C(CN1C(=O)c2ccc3c4c(ccc(c24)C1=O)NC1CCCCC1N3)ON1C(=O)CCC1=O. The van der Waals surface area contributed by atoms with Gasteiger partial charge in [0, 0.05) is 58.2 Å². The number of hydrogen-bond donors (Lipinski definition) is 2. The maximum Gasteiger partial charge on any atom is 0.352 e. The van der Waals surface area contributed by atoms with Crippen molar-refractivity contribution in [3.8, 4) is 0 Å². The first kappa shape index (κ1) is 20.6. The van der Waals surface area contributed by atoms with Gasteiger partial charge in [-0.15, -0.1) is 5.06 Å². The number of fused-ring (bicyclic) bond motifs is 1. The molecule has 2 N–H and O–H groups in total. The van der Waals surface area contributed by atoms with E-state index >= 15 is 0 Å². The fourth-order valence-electron chi connectivity index (χ4n) is 5.41. The van der Waals surface area contributed by atoms with Crippen molar-refractivity contribution in [1.82, 2.24) is 9.96 Å². The second-order valence-corrected chi connectivity index (χ2v) is 9.10. The molecule has 1 saturated heterocycles. The Morgan fingerprint density at radius 1 is 0.824 bits per heavy atom. The van der Waals surface area contributed by atoms with Crippen LogP contribution in [0.4, 0.5) is 11.4 Å². The van der Waals surface area contributed by atoms with Gasteiger partial charge in [0.05, 0.1) is 0 Å². The van der Waals surface area contributed by atoms with Gasteiger partial charge in [0.25, 0.3) is 23.6 Å². The summed E-state index contributed by atoms with van der Waals surface area (Å²) in [6.45, 7) is -0.709. The molecule has 174 valence electrons. The van der Waals surface area contributed by atoms with Gasteiger partial charge in [0.1, 0.15) is 6.54 Å². The molecule has 3 heterocycles. The Morgan fingerprint density at radius 2 is 1.35 bits per heavy atom. The highest BCUT2D eigenvalue weighted by atomic mass is 16.7. The molecular formula is C24H22N4O6. The zero-order valence-electron chi connectivity index (χ0n) is 18.3. The quantitative estimate of drug-likeness (QED) is 0.665. The standard InChI is InChI=1S/C24H22N4O6/c29-18-9-10-19(30)28(18)34-20(31)11-27-23(32)12-5-7-16-22-17(8-6-13(21(12)22)24(27)33)26-15-4-2-1-3-14(15)25-16/h5-8,14-15,25-26H,1-4,9-11H2. The van der Waals surface area contributed by atoms with Crippen LogP contribution in [-0.2, 0) is 19.2 Å². The van der Waals surface area contributed by atoms with Crippen molar-refractivity contribution in [2.45, 2.75) is 50.6 Å². The molecule has 3 aliphatic heterocycles. The molecule has 2 aromatic rings. The van der Waals surface area contributed by atoms with Gasteiger partial charge in [-0.25, -0.2) is 4.79 Å². The average molecular weight is 462 g/mol. The van der Waals surface area contributed by atoms with Crippen molar-refractivity contribution < 1.29 is 28.8 Å². The zero-order valence-corrected chi connectivity index (χ0v) is 18.3. The number of hydrogen-bond acceptors (Lipinski definition) is 8. The summed E-state index contributed by atoms with van der Waals surface area (Å²) in [5, 5.41) is 8.97. The maximum absolute atomic E-state index is 13.3. The Labute approximate surface area is 194 Å². The lowest BCUT2D eigenvalue weighted by atomic mass is 9.90. The number of imide groups is 2. The lowest BCUT2D eigenvalue weighted by molar-refractivity contribution is -0.197. The number of nitrogens with one attached hydrogen (secondary N) is 2. The van der Waals surface area contributed by atoms with Gasteiger partial charge < -0.3 is 15.5 Å². The molecule has 2 aromatic carbocycles. The molecule has 2 fully saturated rings. The van der Waals surface area contributed by atoms with Crippen molar-refractivity contribution in [2.75, 3.05) is 17.2 Å². The molecule has 0 bridgehead atoms. The number of hydroxylamine groups is 2. The van der Waals surface area contributed by atoms with E-state index in [9.17, 15) is 24.0 Å². The third-order valence-electron chi connectivity index (χ3n) is 7.05. The van der Waals surface area contributed by atoms with Crippen LogP contribution in [0.1, 0.15) is 59.2 Å².